The van der Waals surface area contributed by atoms with Gasteiger partial charge in [0.15, 0.2) is 0 Å². The number of carbonyl (C=O) groups excluding carboxylic acids is 1. The third-order valence-electron chi connectivity index (χ3n) is 4.39. The summed E-state index contributed by atoms with van der Waals surface area (Å²) in [7, 11) is -3.90. The summed E-state index contributed by atoms with van der Waals surface area (Å²) in [4.78, 5) is 12.5. The minimum atomic E-state index is -3.90. The van der Waals surface area contributed by atoms with Crippen LogP contribution in [0.25, 0.3) is 11.1 Å². The molecule has 0 radical (unpaired) electrons. The average Bonchev–Trinajstić information content (AvgIpc) is 2.59. The molecule has 1 N–H and O–H groups in total. The number of carbonyl (C=O) groups is 1. The van der Waals surface area contributed by atoms with Gasteiger partial charge in [0.05, 0.1) is 10.6 Å². The van der Waals surface area contributed by atoms with E-state index < -0.39 is 15.8 Å². The maximum Gasteiger partial charge on any atom is 0.265 e. The molecule has 0 unspecified atom stereocenters. The van der Waals surface area contributed by atoms with Crippen LogP contribution in [-0.4, -0.2) is 26.9 Å². The van der Waals surface area contributed by atoms with Gasteiger partial charge in [-0.1, -0.05) is 31.5 Å². The number of rotatable bonds is 5. The first kappa shape index (κ1) is 18.4. The number of hydrogen-bond acceptors (Lipinski definition) is 3. The van der Waals surface area contributed by atoms with E-state index in [1.165, 1.54) is 24.3 Å². The molecule has 1 atom stereocenters. The average molecular weight is 376 g/mol. The van der Waals surface area contributed by atoms with Crippen molar-refractivity contribution in [3.05, 3.63) is 48.3 Å². The molecule has 1 amide bonds. The maximum absolute atomic E-state index is 13.8. The van der Waals surface area contributed by atoms with Crippen LogP contribution in [0.2, 0.25) is 0 Å². The van der Waals surface area contributed by atoms with E-state index in [-0.39, 0.29) is 23.4 Å². The van der Waals surface area contributed by atoms with Crippen LogP contribution < -0.4 is 9.62 Å². The fraction of sp³-hybridized carbons (Fsp3) is 0.316. The number of benzene rings is 2. The highest BCUT2D eigenvalue weighted by molar-refractivity contribution is 7.93. The molecule has 0 saturated carbocycles. The van der Waals surface area contributed by atoms with Crippen molar-refractivity contribution in [3.63, 3.8) is 0 Å². The number of nitrogens with one attached hydrogen (secondary N) is 1. The summed E-state index contributed by atoms with van der Waals surface area (Å²) in [5, 5.41) is 2.81. The molecule has 26 heavy (non-hydrogen) atoms. The molecule has 2 aromatic rings. The summed E-state index contributed by atoms with van der Waals surface area (Å²) in [6.07, 6.45) is 1.72. The molecule has 2 aromatic carbocycles. The Morgan fingerprint density at radius 2 is 1.92 bits per heavy atom. The SMILES string of the molecule is CCC[C@H](C)NC(=O)CN1c2ccc(F)cc2-c2ccccc2S1(=O)=O. The van der Waals surface area contributed by atoms with Gasteiger partial charge in [0.2, 0.25) is 5.91 Å². The molecule has 138 valence electrons. The Kier molecular flexibility index (Phi) is 5.00. The lowest BCUT2D eigenvalue weighted by molar-refractivity contribution is -0.120. The van der Waals surface area contributed by atoms with Gasteiger partial charge in [-0.25, -0.2) is 12.8 Å². The molecule has 0 saturated heterocycles. The van der Waals surface area contributed by atoms with Crippen LogP contribution in [0.3, 0.4) is 0 Å². The molecular weight excluding hydrogens is 355 g/mol. The first-order chi connectivity index (χ1) is 12.3. The minimum Gasteiger partial charge on any atom is -0.352 e. The molecule has 0 aromatic heterocycles. The molecule has 1 aliphatic heterocycles. The molecule has 1 heterocycles. The number of fused-ring (bicyclic) bond motifs is 3. The van der Waals surface area contributed by atoms with Crippen molar-refractivity contribution in [2.75, 3.05) is 10.8 Å². The lowest BCUT2D eigenvalue weighted by Gasteiger charge is -2.32. The van der Waals surface area contributed by atoms with Gasteiger partial charge in [-0.05, 0) is 37.6 Å². The van der Waals surface area contributed by atoms with Gasteiger partial charge in [-0.3, -0.25) is 9.10 Å². The van der Waals surface area contributed by atoms with Crippen LogP contribution in [0.1, 0.15) is 26.7 Å². The molecule has 0 aliphatic carbocycles. The Hall–Kier alpha value is -2.41. The molecule has 5 nitrogen and oxygen atoms in total. The van der Waals surface area contributed by atoms with Crippen molar-refractivity contribution in [2.24, 2.45) is 0 Å². The minimum absolute atomic E-state index is 0.0417. The number of nitrogens with zero attached hydrogens (tertiary/aromatic N) is 1. The van der Waals surface area contributed by atoms with Gasteiger partial charge in [0, 0.05) is 17.2 Å². The lowest BCUT2D eigenvalue weighted by Crippen LogP contribution is -2.44. The van der Waals surface area contributed by atoms with E-state index in [2.05, 4.69) is 5.32 Å². The molecule has 0 bridgehead atoms. The molecular formula is C19H21FN2O3S. The Labute approximate surface area is 152 Å². The first-order valence-corrected chi connectivity index (χ1v) is 9.99. The quantitative estimate of drug-likeness (QED) is 0.871. The van der Waals surface area contributed by atoms with Crippen LogP contribution in [0.15, 0.2) is 47.4 Å². The summed E-state index contributed by atoms with van der Waals surface area (Å²) in [6, 6.07) is 10.3. The lowest BCUT2D eigenvalue weighted by atomic mass is 10.0. The maximum atomic E-state index is 13.8. The summed E-state index contributed by atoms with van der Waals surface area (Å²) >= 11 is 0. The second-order valence-corrected chi connectivity index (χ2v) is 8.26. The zero-order valence-corrected chi connectivity index (χ0v) is 15.5. The predicted molar refractivity (Wildman–Crippen MR) is 98.9 cm³/mol. The fourth-order valence-corrected chi connectivity index (χ4v) is 4.88. The van der Waals surface area contributed by atoms with Gasteiger partial charge in [0.1, 0.15) is 12.4 Å². The second-order valence-electron chi connectivity index (χ2n) is 6.43. The molecule has 7 heteroatoms. The van der Waals surface area contributed by atoms with E-state index in [9.17, 15) is 17.6 Å². The van der Waals surface area contributed by atoms with E-state index in [0.717, 1.165) is 17.1 Å². The Morgan fingerprint density at radius 3 is 2.65 bits per heavy atom. The number of anilines is 1. The topological polar surface area (TPSA) is 66.5 Å². The summed E-state index contributed by atoms with van der Waals surface area (Å²) in [5.74, 6) is -0.844. The van der Waals surface area contributed by atoms with Crippen LogP contribution in [0, 0.1) is 5.82 Å². The van der Waals surface area contributed by atoms with Crippen molar-refractivity contribution in [1.29, 1.82) is 0 Å². The Morgan fingerprint density at radius 1 is 1.19 bits per heavy atom. The third kappa shape index (κ3) is 3.31. The van der Waals surface area contributed by atoms with E-state index in [1.54, 1.807) is 18.2 Å². The highest BCUT2D eigenvalue weighted by Crippen LogP contribution is 2.42. The van der Waals surface area contributed by atoms with E-state index in [1.807, 2.05) is 13.8 Å². The fourth-order valence-electron chi connectivity index (χ4n) is 3.23. The Bertz CT molecular complexity index is 944. The van der Waals surface area contributed by atoms with Gasteiger partial charge in [-0.15, -0.1) is 0 Å². The van der Waals surface area contributed by atoms with Crippen molar-refractivity contribution < 1.29 is 17.6 Å². The summed E-state index contributed by atoms with van der Waals surface area (Å²) < 4.78 is 40.9. The van der Waals surface area contributed by atoms with Gasteiger partial charge < -0.3 is 5.32 Å². The predicted octanol–water partition coefficient (Wildman–Crippen LogP) is 3.31. The van der Waals surface area contributed by atoms with Crippen LogP contribution in [-0.2, 0) is 14.8 Å². The number of hydrogen-bond donors (Lipinski definition) is 1. The Balaban J connectivity index is 2.02. The highest BCUT2D eigenvalue weighted by atomic mass is 32.2. The van der Waals surface area contributed by atoms with Crippen molar-refractivity contribution in [2.45, 2.75) is 37.6 Å². The second kappa shape index (κ2) is 7.07. The van der Waals surface area contributed by atoms with Crippen LogP contribution in [0.4, 0.5) is 10.1 Å². The van der Waals surface area contributed by atoms with Crippen molar-refractivity contribution in [1.82, 2.24) is 5.32 Å². The van der Waals surface area contributed by atoms with Gasteiger partial charge >= 0.3 is 0 Å². The van der Waals surface area contributed by atoms with Gasteiger partial charge in [-0.2, -0.15) is 0 Å². The standard InChI is InChI=1S/C19H21FN2O3S/c1-3-6-13(2)21-19(23)12-22-17-10-9-14(20)11-16(17)15-7-4-5-8-18(15)26(22,24)25/h4-5,7-11,13H,3,6,12H2,1-2H3,(H,21,23)/t13-/m0/s1. The van der Waals surface area contributed by atoms with Crippen molar-refractivity contribution in [3.8, 4) is 11.1 Å². The van der Waals surface area contributed by atoms with E-state index >= 15 is 0 Å². The molecule has 3 rings (SSSR count). The van der Waals surface area contributed by atoms with E-state index in [0.29, 0.717) is 16.8 Å². The molecule has 1 aliphatic rings. The molecule has 0 spiro atoms. The summed E-state index contributed by atoms with van der Waals surface area (Å²) in [5.41, 5.74) is 1.21. The van der Waals surface area contributed by atoms with Crippen LogP contribution in [0.5, 0.6) is 0 Å². The van der Waals surface area contributed by atoms with Crippen LogP contribution >= 0.6 is 0 Å². The number of halogens is 1. The first-order valence-electron chi connectivity index (χ1n) is 8.55. The zero-order chi connectivity index (χ0) is 18.9. The zero-order valence-electron chi connectivity index (χ0n) is 14.7. The summed E-state index contributed by atoms with van der Waals surface area (Å²) in [6.45, 7) is 3.55. The normalized spacial score (nSPS) is 15.7. The van der Waals surface area contributed by atoms with E-state index in [4.69, 9.17) is 0 Å². The monoisotopic (exact) mass is 376 g/mol. The molecule has 0 fully saturated rings. The number of sulfonamides is 1. The van der Waals surface area contributed by atoms with Gasteiger partial charge in [0.25, 0.3) is 10.0 Å². The smallest absolute Gasteiger partial charge is 0.265 e. The third-order valence-corrected chi connectivity index (χ3v) is 6.21. The van der Waals surface area contributed by atoms with Crippen molar-refractivity contribution >= 4 is 21.6 Å². The number of amides is 1. The largest absolute Gasteiger partial charge is 0.352 e. The highest BCUT2D eigenvalue weighted by Gasteiger charge is 2.36.